The molecule has 5 heteroatoms. The standard InChI is InChI=1S/C12H15N3OS/c1-8-14-9-2-3-10(11(13)12(9)17-8)15-4-6-16-7-5-15/h2-3H,4-7,13H2,1H3. The van der Waals surface area contributed by atoms with Gasteiger partial charge >= 0.3 is 0 Å². The van der Waals surface area contributed by atoms with Crippen LogP contribution in [-0.2, 0) is 4.74 Å². The van der Waals surface area contributed by atoms with Gasteiger partial charge in [0.1, 0.15) is 0 Å². The van der Waals surface area contributed by atoms with Crippen molar-refractivity contribution in [3.05, 3.63) is 17.1 Å². The number of hydrogen-bond donors (Lipinski definition) is 1. The van der Waals surface area contributed by atoms with Crippen LogP contribution in [0.3, 0.4) is 0 Å². The topological polar surface area (TPSA) is 51.4 Å². The van der Waals surface area contributed by atoms with Gasteiger partial charge < -0.3 is 15.4 Å². The number of anilines is 2. The van der Waals surface area contributed by atoms with Crippen LogP contribution in [0.15, 0.2) is 12.1 Å². The molecular formula is C12H15N3OS. The maximum absolute atomic E-state index is 6.25. The molecule has 1 aliphatic rings. The predicted octanol–water partition coefficient (Wildman–Crippen LogP) is 2.02. The predicted molar refractivity (Wildman–Crippen MR) is 71.8 cm³/mol. The molecule has 1 aliphatic heterocycles. The minimum Gasteiger partial charge on any atom is -0.396 e. The molecule has 0 amide bonds. The molecular weight excluding hydrogens is 234 g/mol. The second kappa shape index (κ2) is 4.16. The first kappa shape index (κ1) is 10.8. The Morgan fingerprint density at radius 3 is 2.88 bits per heavy atom. The van der Waals surface area contributed by atoms with Crippen LogP contribution in [0, 0.1) is 6.92 Å². The van der Waals surface area contributed by atoms with Crippen LogP contribution in [0.1, 0.15) is 5.01 Å². The Labute approximate surface area is 104 Å². The van der Waals surface area contributed by atoms with E-state index in [1.807, 2.05) is 6.92 Å². The number of nitrogens with two attached hydrogens (primary N) is 1. The van der Waals surface area contributed by atoms with Gasteiger partial charge in [-0.25, -0.2) is 4.98 Å². The lowest BCUT2D eigenvalue weighted by Crippen LogP contribution is -2.36. The number of hydrogen-bond acceptors (Lipinski definition) is 5. The fourth-order valence-corrected chi connectivity index (χ4v) is 3.07. The number of nitrogen functional groups attached to an aromatic ring is 1. The Morgan fingerprint density at radius 1 is 1.35 bits per heavy atom. The lowest BCUT2D eigenvalue weighted by molar-refractivity contribution is 0.123. The molecule has 4 nitrogen and oxygen atoms in total. The van der Waals surface area contributed by atoms with E-state index in [0.717, 1.165) is 52.9 Å². The molecule has 90 valence electrons. The van der Waals surface area contributed by atoms with Gasteiger partial charge in [-0.2, -0.15) is 0 Å². The van der Waals surface area contributed by atoms with Crippen LogP contribution >= 0.6 is 11.3 Å². The van der Waals surface area contributed by atoms with Gasteiger partial charge in [0, 0.05) is 13.1 Å². The van der Waals surface area contributed by atoms with E-state index in [0.29, 0.717) is 0 Å². The van der Waals surface area contributed by atoms with Gasteiger partial charge in [-0.15, -0.1) is 11.3 Å². The summed E-state index contributed by atoms with van der Waals surface area (Å²) in [6.45, 7) is 5.39. The van der Waals surface area contributed by atoms with Crippen molar-refractivity contribution in [3.8, 4) is 0 Å². The quantitative estimate of drug-likeness (QED) is 0.786. The number of benzene rings is 1. The summed E-state index contributed by atoms with van der Waals surface area (Å²) in [7, 11) is 0. The summed E-state index contributed by atoms with van der Waals surface area (Å²) < 4.78 is 6.46. The van der Waals surface area contributed by atoms with E-state index in [9.17, 15) is 0 Å². The zero-order valence-electron chi connectivity index (χ0n) is 9.77. The molecule has 1 aromatic heterocycles. The summed E-state index contributed by atoms with van der Waals surface area (Å²) in [5.74, 6) is 0. The number of nitrogens with zero attached hydrogens (tertiary/aromatic N) is 2. The van der Waals surface area contributed by atoms with Gasteiger partial charge in [0.2, 0.25) is 0 Å². The highest BCUT2D eigenvalue weighted by Gasteiger charge is 2.16. The van der Waals surface area contributed by atoms with Gasteiger partial charge in [0.15, 0.2) is 0 Å². The first-order valence-corrected chi connectivity index (χ1v) is 6.55. The third kappa shape index (κ3) is 1.85. The highest BCUT2D eigenvalue weighted by Crippen LogP contribution is 2.35. The number of ether oxygens (including phenoxy) is 1. The zero-order valence-corrected chi connectivity index (χ0v) is 10.6. The second-order valence-electron chi connectivity index (χ2n) is 4.18. The highest BCUT2D eigenvalue weighted by molar-refractivity contribution is 7.19. The SMILES string of the molecule is Cc1nc2ccc(N3CCOCC3)c(N)c2s1. The van der Waals surface area contributed by atoms with Crippen LogP contribution in [0.4, 0.5) is 11.4 Å². The maximum atomic E-state index is 6.25. The van der Waals surface area contributed by atoms with E-state index in [1.165, 1.54) is 0 Å². The fourth-order valence-electron chi connectivity index (χ4n) is 2.19. The fraction of sp³-hybridized carbons (Fsp3) is 0.417. The lowest BCUT2D eigenvalue weighted by Gasteiger charge is -2.29. The van der Waals surface area contributed by atoms with Crippen molar-refractivity contribution in [2.75, 3.05) is 36.9 Å². The van der Waals surface area contributed by atoms with E-state index >= 15 is 0 Å². The van der Waals surface area contributed by atoms with Gasteiger partial charge in [0.05, 0.1) is 39.8 Å². The number of rotatable bonds is 1. The molecule has 0 aliphatic carbocycles. The van der Waals surface area contributed by atoms with Crippen LogP contribution in [0.5, 0.6) is 0 Å². The highest BCUT2D eigenvalue weighted by atomic mass is 32.1. The number of thiazole rings is 1. The summed E-state index contributed by atoms with van der Waals surface area (Å²) in [5, 5.41) is 1.06. The van der Waals surface area contributed by atoms with Crippen molar-refractivity contribution in [2.45, 2.75) is 6.92 Å². The van der Waals surface area contributed by atoms with Crippen LogP contribution in [0.2, 0.25) is 0 Å². The Hall–Kier alpha value is -1.33. The normalized spacial score (nSPS) is 16.6. The first-order valence-electron chi connectivity index (χ1n) is 5.74. The zero-order chi connectivity index (χ0) is 11.8. The summed E-state index contributed by atoms with van der Waals surface area (Å²) in [6, 6.07) is 4.13. The third-order valence-electron chi connectivity index (χ3n) is 3.03. The van der Waals surface area contributed by atoms with Crippen LogP contribution in [-0.4, -0.2) is 31.3 Å². The Kier molecular flexibility index (Phi) is 2.64. The molecule has 0 radical (unpaired) electrons. The number of morpholine rings is 1. The van der Waals surface area contributed by atoms with E-state index in [2.05, 4.69) is 22.0 Å². The molecule has 1 saturated heterocycles. The van der Waals surface area contributed by atoms with E-state index in [1.54, 1.807) is 11.3 Å². The molecule has 2 N–H and O–H groups in total. The molecule has 1 fully saturated rings. The molecule has 17 heavy (non-hydrogen) atoms. The van der Waals surface area contributed by atoms with E-state index in [-0.39, 0.29) is 0 Å². The van der Waals surface area contributed by atoms with Crippen molar-refractivity contribution < 1.29 is 4.74 Å². The molecule has 0 saturated carbocycles. The lowest BCUT2D eigenvalue weighted by atomic mass is 10.2. The monoisotopic (exact) mass is 249 g/mol. The molecule has 0 bridgehead atoms. The summed E-state index contributed by atoms with van der Waals surface area (Å²) in [5.41, 5.74) is 9.22. The first-order chi connectivity index (χ1) is 8.25. The molecule has 0 atom stereocenters. The van der Waals surface area contributed by atoms with E-state index < -0.39 is 0 Å². The average Bonchev–Trinajstić information content (AvgIpc) is 2.72. The van der Waals surface area contributed by atoms with Crippen molar-refractivity contribution in [2.24, 2.45) is 0 Å². The van der Waals surface area contributed by atoms with Gasteiger partial charge in [-0.05, 0) is 19.1 Å². The largest absolute Gasteiger partial charge is 0.396 e. The molecule has 0 unspecified atom stereocenters. The minimum atomic E-state index is 0.777. The number of aromatic nitrogens is 1. The summed E-state index contributed by atoms with van der Waals surface area (Å²) in [6.07, 6.45) is 0. The Balaban J connectivity index is 2.06. The van der Waals surface area contributed by atoms with Gasteiger partial charge in [-0.3, -0.25) is 0 Å². The van der Waals surface area contributed by atoms with E-state index in [4.69, 9.17) is 10.5 Å². The Bertz CT molecular complexity index is 546. The molecule has 2 heterocycles. The smallest absolute Gasteiger partial charge is 0.0908 e. The summed E-state index contributed by atoms with van der Waals surface area (Å²) in [4.78, 5) is 6.74. The Morgan fingerprint density at radius 2 is 2.12 bits per heavy atom. The average molecular weight is 249 g/mol. The van der Waals surface area contributed by atoms with Crippen LogP contribution < -0.4 is 10.6 Å². The van der Waals surface area contributed by atoms with Crippen molar-refractivity contribution in [3.63, 3.8) is 0 Å². The maximum Gasteiger partial charge on any atom is 0.0908 e. The van der Waals surface area contributed by atoms with Crippen molar-refractivity contribution in [1.29, 1.82) is 0 Å². The van der Waals surface area contributed by atoms with Gasteiger partial charge in [-0.1, -0.05) is 0 Å². The minimum absolute atomic E-state index is 0.777. The van der Waals surface area contributed by atoms with Crippen molar-refractivity contribution >= 4 is 32.9 Å². The molecule has 2 aromatic rings. The second-order valence-corrected chi connectivity index (χ2v) is 5.38. The summed E-state index contributed by atoms with van der Waals surface area (Å²) >= 11 is 1.66. The van der Waals surface area contributed by atoms with Gasteiger partial charge in [0.25, 0.3) is 0 Å². The molecule has 0 spiro atoms. The van der Waals surface area contributed by atoms with Crippen molar-refractivity contribution in [1.82, 2.24) is 4.98 Å². The third-order valence-corrected chi connectivity index (χ3v) is 4.05. The molecule has 1 aromatic carbocycles. The molecule has 3 rings (SSSR count). The number of fused-ring (bicyclic) bond motifs is 1. The van der Waals surface area contributed by atoms with Crippen LogP contribution in [0.25, 0.3) is 10.2 Å². The number of aryl methyl sites for hydroxylation is 1.